The number of anilines is 3. The van der Waals surface area contributed by atoms with Gasteiger partial charge in [-0.3, -0.25) is 0 Å². The molecule has 11 heteroatoms. The third kappa shape index (κ3) is 4.88. The van der Waals surface area contributed by atoms with Crippen molar-refractivity contribution in [2.75, 3.05) is 54.0 Å². The summed E-state index contributed by atoms with van der Waals surface area (Å²) in [6.45, 7) is 13.0. The highest BCUT2D eigenvalue weighted by atomic mass is 16.4. The summed E-state index contributed by atoms with van der Waals surface area (Å²) in [5, 5.41) is 16.3. The quantitative estimate of drug-likeness (QED) is 0.350. The maximum Gasteiger partial charge on any atom is 0.407 e. The third-order valence-corrected chi connectivity index (χ3v) is 9.51. The van der Waals surface area contributed by atoms with Gasteiger partial charge in [0, 0.05) is 56.8 Å². The van der Waals surface area contributed by atoms with E-state index in [0.717, 1.165) is 78.6 Å². The van der Waals surface area contributed by atoms with Gasteiger partial charge >= 0.3 is 6.09 Å². The Morgan fingerprint density at radius 1 is 0.977 bits per heavy atom. The Morgan fingerprint density at radius 2 is 1.81 bits per heavy atom. The number of hydrogen-bond acceptors (Lipinski definition) is 8. The minimum atomic E-state index is -0.855. The van der Waals surface area contributed by atoms with E-state index in [9.17, 15) is 9.90 Å². The minimum Gasteiger partial charge on any atom is -0.465 e. The van der Waals surface area contributed by atoms with Crippen LogP contribution in [0.4, 0.5) is 22.2 Å². The van der Waals surface area contributed by atoms with Crippen LogP contribution in [0.5, 0.6) is 0 Å². The molecule has 3 aliphatic heterocycles. The zero-order valence-corrected chi connectivity index (χ0v) is 25.6. The summed E-state index contributed by atoms with van der Waals surface area (Å²) in [5.41, 5.74) is 3.74. The summed E-state index contributed by atoms with van der Waals surface area (Å²) in [7, 11) is 0. The first-order valence-corrected chi connectivity index (χ1v) is 15.6. The number of carbonyl (C=O) groups is 1. The first-order valence-electron chi connectivity index (χ1n) is 15.6. The fourth-order valence-corrected chi connectivity index (χ4v) is 6.99. The third-order valence-electron chi connectivity index (χ3n) is 9.51. The molecule has 0 radical (unpaired) electrons. The zero-order valence-electron chi connectivity index (χ0n) is 25.6. The lowest BCUT2D eigenvalue weighted by atomic mass is 9.84. The number of amides is 1. The average molecular weight is 584 g/mol. The van der Waals surface area contributed by atoms with E-state index in [1.165, 1.54) is 12.0 Å². The van der Waals surface area contributed by atoms with Crippen molar-refractivity contribution in [2.45, 2.75) is 65.5 Å². The number of fused-ring (bicyclic) bond motifs is 2. The molecule has 0 bridgehead atoms. The first-order chi connectivity index (χ1) is 20.7. The second kappa shape index (κ2) is 10.5. The molecule has 6 heterocycles. The van der Waals surface area contributed by atoms with Gasteiger partial charge in [0.15, 0.2) is 5.65 Å². The van der Waals surface area contributed by atoms with E-state index in [2.05, 4.69) is 71.6 Å². The van der Waals surface area contributed by atoms with Crippen LogP contribution in [0.2, 0.25) is 0 Å². The molecule has 1 aromatic carbocycles. The summed E-state index contributed by atoms with van der Waals surface area (Å²) in [5.74, 6) is 2.91. The Labute approximate surface area is 252 Å². The molecule has 0 aliphatic carbocycles. The molecule has 1 amide bonds. The van der Waals surface area contributed by atoms with Crippen molar-refractivity contribution in [2.24, 2.45) is 5.41 Å². The second-order valence-corrected chi connectivity index (χ2v) is 13.3. The van der Waals surface area contributed by atoms with Crippen LogP contribution in [0.25, 0.3) is 16.6 Å². The molecule has 11 nitrogen and oxygen atoms in total. The largest absolute Gasteiger partial charge is 0.465 e. The summed E-state index contributed by atoms with van der Waals surface area (Å²) < 4.78 is 1.99. The predicted octanol–water partition coefficient (Wildman–Crippen LogP) is 5.14. The van der Waals surface area contributed by atoms with Crippen molar-refractivity contribution in [1.82, 2.24) is 29.5 Å². The molecule has 0 spiro atoms. The normalized spacial score (nSPS) is 21.5. The van der Waals surface area contributed by atoms with E-state index in [1.54, 1.807) is 11.2 Å². The molecule has 43 heavy (non-hydrogen) atoms. The molecule has 3 aliphatic rings. The predicted molar refractivity (Wildman–Crippen MR) is 168 cm³/mol. The van der Waals surface area contributed by atoms with Gasteiger partial charge in [0.05, 0.1) is 23.3 Å². The topological polar surface area (TPSA) is 106 Å². The number of aryl methyl sites for hydroxylation is 1. The van der Waals surface area contributed by atoms with Crippen LogP contribution < -0.4 is 14.7 Å². The molecular formula is C32H41N9O2. The number of piperazine rings is 1. The second-order valence-electron chi connectivity index (χ2n) is 13.3. The van der Waals surface area contributed by atoms with E-state index < -0.39 is 6.09 Å². The maximum absolute atomic E-state index is 12.1. The molecule has 3 aromatic heterocycles. The Balaban J connectivity index is 1.31. The molecular weight excluding hydrogens is 542 g/mol. The molecule has 7 rings (SSSR count). The minimum absolute atomic E-state index is 0.0691. The number of hydrogen-bond donors (Lipinski definition) is 1. The van der Waals surface area contributed by atoms with Crippen molar-refractivity contribution in [3.05, 3.63) is 47.9 Å². The first kappa shape index (κ1) is 27.7. The van der Waals surface area contributed by atoms with Crippen LogP contribution >= 0.6 is 0 Å². The highest BCUT2D eigenvalue weighted by Crippen LogP contribution is 2.39. The van der Waals surface area contributed by atoms with Crippen molar-refractivity contribution in [3.8, 4) is 0 Å². The van der Waals surface area contributed by atoms with Gasteiger partial charge in [-0.1, -0.05) is 32.9 Å². The lowest BCUT2D eigenvalue weighted by Gasteiger charge is -2.46. The monoisotopic (exact) mass is 583 g/mol. The van der Waals surface area contributed by atoms with E-state index in [-0.39, 0.29) is 17.5 Å². The number of aromatic nitrogens is 5. The molecule has 1 N–H and O–H groups in total. The Kier molecular flexibility index (Phi) is 6.78. The standard InChI is InChI=1S/C32H41N9O2/c1-21-9-7-10-22-29(21)30(34-20-33-22)39-14-6-5-11-24(39)23-17-27-35-26(37-12-8-13-37)18-28(41(27)36-23)38-15-16-40(31(42)43)25(19-38)32(2,3)4/h7,9-10,17-18,20,24-25H,5-6,8,11-16,19H2,1-4H3,(H,42,43). The van der Waals surface area contributed by atoms with Gasteiger partial charge in [0.25, 0.3) is 0 Å². The van der Waals surface area contributed by atoms with Crippen LogP contribution in [-0.4, -0.2) is 86.0 Å². The van der Waals surface area contributed by atoms with Crippen LogP contribution in [-0.2, 0) is 0 Å². The van der Waals surface area contributed by atoms with E-state index in [1.807, 2.05) is 10.6 Å². The zero-order chi connectivity index (χ0) is 29.9. The van der Waals surface area contributed by atoms with E-state index >= 15 is 0 Å². The van der Waals surface area contributed by atoms with Crippen LogP contribution in [0.1, 0.15) is 63.8 Å². The molecule has 3 fully saturated rings. The van der Waals surface area contributed by atoms with Crippen molar-refractivity contribution < 1.29 is 9.90 Å². The van der Waals surface area contributed by atoms with Crippen LogP contribution in [0.3, 0.4) is 0 Å². The van der Waals surface area contributed by atoms with Crippen LogP contribution in [0.15, 0.2) is 36.7 Å². The Morgan fingerprint density at radius 3 is 2.56 bits per heavy atom. The van der Waals surface area contributed by atoms with Gasteiger partial charge < -0.3 is 24.7 Å². The lowest BCUT2D eigenvalue weighted by molar-refractivity contribution is 0.0746. The number of carboxylic acid groups (broad SMARTS) is 1. The van der Waals surface area contributed by atoms with Gasteiger partial charge in [-0.25, -0.2) is 19.7 Å². The van der Waals surface area contributed by atoms with Gasteiger partial charge in [0.2, 0.25) is 0 Å². The molecule has 0 saturated carbocycles. The highest BCUT2D eigenvalue weighted by molar-refractivity contribution is 5.92. The number of benzene rings is 1. The van der Waals surface area contributed by atoms with E-state index in [0.29, 0.717) is 19.6 Å². The number of piperidine rings is 1. The van der Waals surface area contributed by atoms with Gasteiger partial charge in [-0.2, -0.15) is 9.61 Å². The molecule has 2 atom stereocenters. The van der Waals surface area contributed by atoms with Gasteiger partial charge in [-0.15, -0.1) is 0 Å². The maximum atomic E-state index is 12.1. The van der Waals surface area contributed by atoms with Crippen molar-refractivity contribution >= 4 is 40.1 Å². The summed E-state index contributed by atoms with van der Waals surface area (Å²) in [4.78, 5) is 35.3. The Bertz CT molecular complexity index is 1670. The smallest absolute Gasteiger partial charge is 0.407 e. The Hall–Kier alpha value is -4.15. The van der Waals surface area contributed by atoms with E-state index in [4.69, 9.17) is 15.1 Å². The van der Waals surface area contributed by atoms with Crippen molar-refractivity contribution in [1.29, 1.82) is 0 Å². The SMILES string of the molecule is Cc1cccc2ncnc(N3CCCCC3c3cc4nc(N5CCC5)cc(N5CCN(C(=O)O)C(C(C)(C)C)C5)n4n3)c12. The fourth-order valence-electron chi connectivity index (χ4n) is 6.99. The summed E-state index contributed by atoms with van der Waals surface area (Å²) >= 11 is 0. The highest BCUT2D eigenvalue weighted by Gasteiger charge is 2.39. The fraction of sp³-hybridized carbons (Fsp3) is 0.531. The number of rotatable bonds is 4. The molecule has 4 aromatic rings. The lowest BCUT2D eigenvalue weighted by Crippen LogP contribution is -2.59. The summed E-state index contributed by atoms with van der Waals surface area (Å²) in [6, 6.07) is 10.5. The van der Waals surface area contributed by atoms with Crippen molar-refractivity contribution in [3.63, 3.8) is 0 Å². The van der Waals surface area contributed by atoms with Crippen LogP contribution in [0, 0.1) is 12.3 Å². The molecule has 226 valence electrons. The number of nitrogens with zero attached hydrogens (tertiary/aromatic N) is 9. The van der Waals surface area contributed by atoms with Gasteiger partial charge in [0.1, 0.15) is 23.8 Å². The molecule has 2 unspecified atom stereocenters. The molecule has 3 saturated heterocycles. The average Bonchev–Trinajstić information content (AvgIpc) is 3.39. The van der Waals surface area contributed by atoms with Gasteiger partial charge in [-0.05, 0) is 49.7 Å². The summed E-state index contributed by atoms with van der Waals surface area (Å²) in [6.07, 6.45) is 5.20.